The number of hydrogen-bond donors (Lipinski definition) is 1. The van der Waals surface area contributed by atoms with Crippen molar-refractivity contribution in [2.45, 2.75) is 31.6 Å². The first-order valence-corrected chi connectivity index (χ1v) is 6.74. The van der Waals surface area contributed by atoms with Crippen LogP contribution in [0.15, 0.2) is 24.5 Å². The first-order valence-electron chi connectivity index (χ1n) is 6.74. The second-order valence-corrected chi connectivity index (χ2v) is 5.05. The highest BCUT2D eigenvalue weighted by molar-refractivity contribution is 5.53. The topological polar surface area (TPSA) is 66.5 Å². The van der Waals surface area contributed by atoms with E-state index in [9.17, 15) is 13.2 Å². The molecule has 0 spiro atoms. The summed E-state index contributed by atoms with van der Waals surface area (Å²) in [5, 5.41) is 15.9. The maximum Gasteiger partial charge on any atom is 0.417 e. The Morgan fingerprint density at radius 2 is 2.18 bits per heavy atom. The number of nitrogens with one attached hydrogen (secondary N) is 1. The van der Waals surface area contributed by atoms with Gasteiger partial charge >= 0.3 is 6.18 Å². The summed E-state index contributed by atoms with van der Waals surface area (Å²) in [6, 6.07) is 5.00. The molecule has 1 aliphatic rings. The van der Waals surface area contributed by atoms with Gasteiger partial charge in [-0.25, -0.2) is 9.67 Å². The molecule has 0 amide bonds. The van der Waals surface area contributed by atoms with Crippen molar-refractivity contribution in [2.75, 3.05) is 5.32 Å². The Balaban J connectivity index is 1.90. The number of nitrogens with zero attached hydrogens (tertiary/aromatic N) is 4. The fourth-order valence-corrected chi connectivity index (χ4v) is 2.59. The molecule has 1 N–H and O–H groups in total. The molecular formula is C14H12F3N5. The monoisotopic (exact) mass is 307 g/mol. The molecule has 2 heterocycles. The van der Waals surface area contributed by atoms with E-state index in [4.69, 9.17) is 5.26 Å². The molecule has 1 atom stereocenters. The molecule has 1 unspecified atom stereocenters. The molecule has 0 bridgehead atoms. The number of rotatable bonds is 2. The molecular weight excluding hydrogens is 295 g/mol. The minimum atomic E-state index is -4.56. The van der Waals surface area contributed by atoms with E-state index in [-0.39, 0.29) is 11.6 Å². The summed E-state index contributed by atoms with van der Waals surface area (Å²) in [4.78, 5) is 4.15. The summed E-state index contributed by atoms with van der Waals surface area (Å²) < 4.78 is 40.7. The van der Waals surface area contributed by atoms with Crippen molar-refractivity contribution in [3.05, 3.63) is 41.5 Å². The Kier molecular flexibility index (Phi) is 3.48. The smallest absolute Gasteiger partial charge is 0.375 e. The average molecular weight is 307 g/mol. The Hall–Kier alpha value is -2.56. The molecule has 1 aromatic carbocycles. The minimum absolute atomic E-state index is 0.190. The molecule has 1 aromatic heterocycles. The van der Waals surface area contributed by atoms with Crippen LogP contribution < -0.4 is 5.32 Å². The SMILES string of the molecule is N#Cc1ccc(NC2CCCn3ncnc32)cc1C(F)(F)F. The molecule has 0 radical (unpaired) electrons. The van der Waals surface area contributed by atoms with Crippen molar-refractivity contribution in [3.63, 3.8) is 0 Å². The molecule has 8 heteroatoms. The first-order chi connectivity index (χ1) is 10.5. The summed E-state index contributed by atoms with van der Waals surface area (Å²) in [6.45, 7) is 0.759. The van der Waals surface area contributed by atoms with Gasteiger partial charge in [-0.2, -0.15) is 23.5 Å². The second-order valence-electron chi connectivity index (χ2n) is 5.05. The van der Waals surface area contributed by atoms with Gasteiger partial charge in [0.2, 0.25) is 0 Å². The molecule has 3 rings (SSSR count). The van der Waals surface area contributed by atoms with Crippen LogP contribution in [0.25, 0.3) is 0 Å². The summed E-state index contributed by atoms with van der Waals surface area (Å²) in [7, 11) is 0. The highest BCUT2D eigenvalue weighted by atomic mass is 19.4. The molecule has 0 saturated heterocycles. The highest BCUT2D eigenvalue weighted by Crippen LogP contribution is 2.35. The van der Waals surface area contributed by atoms with Crippen LogP contribution in [0.5, 0.6) is 0 Å². The Morgan fingerprint density at radius 3 is 2.91 bits per heavy atom. The average Bonchev–Trinajstić information content (AvgIpc) is 2.96. The number of aromatic nitrogens is 3. The Morgan fingerprint density at radius 1 is 1.36 bits per heavy atom. The number of anilines is 1. The van der Waals surface area contributed by atoms with Crippen LogP contribution >= 0.6 is 0 Å². The lowest BCUT2D eigenvalue weighted by molar-refractivity contribution is -0.137. The molecule has 22 heavy (non-hydrogen) atoms. The van der Waals surface area contributed by atoms with Crippen LogP contribution in [0.1, 0.15) is 35.8 Å². The number of nitriles is 1. The van der Waals surface area contributed by atoms with Gasteiger partial charge in [0.1, 0.15) is 12.2 Å². The van der Waals surface area contributed by atoms with Gasteiger partial charge in [-0.1, -0.05) is 0 Å². The number of aryl methyl sites for hydroxylation is 1. The summed E-state index contributed by atoms with van der Waals surface area (Å²) in [5.41, 5.74) is -1.00. The number of fused-ring (bicyclic) bond motifs is 1. The number of hydrogen-bond acceptors (Lipinski definition) is 4. The van der Waals surface area contributed by atoms with Gasteiger partial charge in [0.05, 0.1) is 23.2 Å². The highest BCUT2D eigenvalue weighted by Gasteiger charge is 2.34. The number of alkyl halides is 3. The van der Waals surface area contributed by atoms with Crippen molar-refractivity contribution in [2.24, 2.45) is 0 Å². The van der Waals surface area contributed by atoms with Gasteiger partial charge in [-0.15, -0.1) is 0 Å². The zero-order chi connectivity index (χ0) is 15.7. The number of halogens is 3. The zero-order valence-corrected chi connectivity index (χ0v) is 11.4. The fourth-order valence-electron chi connectivity index (χ4n) is 2.59. The summed E-state index contributed by atoms with van der Waals surface area (Å²) in [6.07, 6.45) is -1.49. The standard InChI is InChI=1S/C14H12F3N5/c15-14(16,17)11-6-10(4-3-9(11)7-18)21-12-2-1-5-22-13(12)19-8-20-22/h3-4,6,8,12,21H,1-2,5H2. The zero-order valence-electron chi connectivity index (χ0n) is 11.4. The lowest BCUT2D eigenvalue weighted by Crippen LogP contribution is -2.23. The van der Waals surface area contributed by atoms with E-state index in [1.807, 2.05) is 0 Å². The minimum Gasteiger partial charge on any atom is -0.375 e. The van der Waals surface area contributed by atoms with E-state index in [0.717, 1.165) is 25.5 Å². The van der Waals surface area contributed by atoms with E-state index < -0.39 is 11.7 Å². The second kappa shape index (κ2) is 5.33. The van der Waals surface area contributed by atoms with E-state index in [2.05, 4.69) is 15.4 Å². The normalized spacial score (nSPS) is 17.6. The summed E-state index contributed by atoms with van der Waals surface area (Å²) >= 11 is 0. The van der Waals surface area contributed by atoms with Crippen LogP contribution in [0.3, 0.4) is 0 Å². The Bertz CT molecular complexity index is 729. The molecule has 0 aliphatic carbocycles. The lowest BCUT2D eigenvalue weighted by Gasteiger charge is -2.24. The van der Waals surface area contributed by atoms with Crippen molar-refractivity contribution in [3.8, 4) is 6.07 Å². The largest absolute Gasteiger partial charge is 0.417 e. The van der Waals surface area contributed by atoms with E-state index in [1.165, 1.54) is 18.5 Å². The van der Waals surface area contributed by atoms with Crippen LogP contribution in [0.4, 0.5) is 18.9 Å². The predicted molar refractivity (Wildman–Crippen MR) is 71.8 cm³/mol. The molecule has 1 aliphatic heterocycles. The van der Waals surface area contributed by atoms with Gasteiger partial charge in [-0.05, 0) is 31.0 Å². The number of benzene rings is 1. The Labute approximate surface area is 124 Å². The van der Waals surface area contributed by atoms with Crippen LogP contribution in [0, 0.1) is 11.3 Å². The van der Waals surface area contributed by atoms with Gasteiger partial charge in [0, 0.05) is 12.2 Å². The molecule has 114 valence electrons. The third kappa shape index (κ3) is 2.62. The van der Waals surface area contributed by atoms with E-state index in [0.29, 0.717) is 11.5 Å². The van der Waals surface area contributed by atoms with E-state index >= 15 is 0 Å². The van der Waals surface area contributed by atoms with Gasteiger partial charge < -0.3 is 5.32 Å². The molecule has 0 saturated carbocycles. The van der Waals surface area contributed by atoms with Crippen molar-refractivity contribution in [1.29, 1.82) is 5.26 Å². The van der Waals surface area contributed by atoms with Crippen LogP contribution in [-0.4, -0.2) is 14.8 Å². The van der Waals surface area contributed by atoms with Gasteiger partial charge in [-0.3, -0.25) is 0 Å². The van der Waals surface area contributed by atoms with Gasteiger partial charge in [0.15, 0.2) is 0 Å². The third-order valence-corrected chi connectivity index (χ3v) is 3.61. The van der Waals surface area contributed by atoms with Crippen molar-refractivity contribution >= 4 is 5.69 Å². The summed E-state index contributed by atoms with van der Waals surface area (Å²) in [5.74, 6) is 0.712. The third-order valence-electron chi connectivity index (χ3n) is 3.61. The first kappa shape index (κ1) is 14.4. The predicted octanol–water partition coefficient (Wildman–Crippen LogP) is 3.12. The molecule has 0 fully saturated rings. The maximum absolute atomic E-state index is 13.0. The van der Waals surface area contributed by atoms with Crippen molar-refractivity contribution in [1.82, 2.24) is 14.8 Å². The van der Waals surface area contributed by atoms with Crippen molar-refractivity contribution < 1.29 is 13.2 Å². The van der Waals surface area contributed by atoms with Crippen LogP contribution in [-0.2, 0) is 12.7 Å². The van der Waals surface area contributed by atoms with E-state index in [1.54, 1.807) is 10.8 Å². The lowest BCUT2D eigenvalue weighted by atomic mass is 10.0. The van der Waals surface area contributed by atoms with Gasteiger partial charge in [0.25, 0.3) is 0 Å². The fraction of sp³-hybridized carbons (Fsp3) is 0.357. The van der Waals surface area contributed by atoms with Crippen LogP contribution in [0.2, 0.25) is 0 Å². The maximum atomic E-state index is 13.0. The molecule has 2 aromatic rings. The quantitative estimate of drug-likeness (QED) is 0.925. The molecule has 5 nitrogen and oxygen atoms in total.